The zero-order valence-electron chi connectivity index (χ0n) is 31.6. The van der Waals surface area contributed by atoms with Crippen molar-refractivity contribution in [3.63, 3.8) is 0 Å². The average Bonchev–Trinajstić information content (AvgIpc) is 3.43. The molecule has 2 aromatic carbocycles. The van der Waals surface area contributed by atoms with E-state index in [0.29, 0.717) is 16.7 Å². The minimum atomic E-state index is -4.32. The highest BCUT2D eigenvalue weighted by Crippen LogP contribution is 2.68. The topological polar surface area (TPSA) is 109 Å². The summed E-state index contributed by atoms with van der Waals surface area (Å²) in [5.41, 5.74) is 3.41. The normalized spacial score (nSPS) is 32.9. The van der Waals surface area contributed by atoms with E-state index in [9.17, 15) is 25.9 Å². The van der Waals surface area contributed by atoms with Crippen LogP contribution in [0, 0.1) is 58.2 Å². The monoisotopic (exact) mass is 738 g/mol. The largest absolute Gasteiger partial charge is 0.294 e. The van der Waals surface area contributed by atoms with Gasteiger partial charge in [0.15, 0.2) is 0 Å². The van der Waals surface area contributed by atoms with E-state index in [1.807, 2.05) is 0 Å². The molecule has 0 aliphatic heterocycles. The molecule has 6 nitrogen and oxygen atoms in total. The van der Waals surface area contributed by atoms with Gasteiger partial charge >= 0.3 is 0 Å². The number of hydrogen-bond donors (Lipinski definition) is 2. The van der Waals surface area contributed by atoms with E-state index in [1.165, 1.54) is 101 Å². The fourth-order valence-electron chi connectivity index (χ4n) is 12.1. The lowest BCUT2D eigenvalue weighted by Gasteiger charge is -2.61. The molecular weight excluding hydrogens is 677 g/mol. The third-order valence-electron chi connectivity index (χ3n) is 14.8. The van der Waals surface area contributed by atoms with Crippen LogP contribution >= 0.6 is 0 Å². The second kappa shape index (κ2) is 15.0. The smallest absolute Gasteiger partial charge is 0.282 e. The highest BCUT2D eigenvalue weighted by Gasteiger charge is 2.60. The molecule has 4 aliphatic rings. The molecular formula is C43H62O6S2. The highest BCUT2D eigenvalue weighted by molar-refractivity contribution is 7.86. The van der Waals surface area contributed by atoms with Crippen LogP contribution in [0.25, 0.3) is 5.57 Å². The van der Waals surface area contributed by atoms with E-state index in [-0.39, 0.29) is 9.79 Å². The summed E-state index contributed by atoms with van der Waals surface area (Å²) in [4.78, 5) is -0.344. The van der Waals surface area contributed by atoms with Gasteiger partial charge in [-0.25, -0.2) is 0 Å². The van der Waals surface area contributed by atoms with Gasteiger partial charge in [0, 0.05) is 0 Å². The van der Waals surface area contributed by atoms with E-state index < -0.39 is 20.2 Å². The molecule has 8 heteroatoms. The molecule has 0 amide bonds. The number of fused-ring (bicyclic) bond motifs is 5. The van der Waals surface area contributed by atoms with Gasteiger partial charge in [-0.3, -0.25) is 9.11 Å². The molecule has 4 aliphatic carbocycles. The molecule has 0 radical (unpaired) electrons. The maximum atomic E-state index is 11.7. The van der Waals surface area contributed by atoms with Crippen molar-refractivity contribution >= 4 is 25.8 Å². The van der Waals surface area contributed by atoms with Crippen molar-refractivity contribution in [3.05, 3.63) is 65.7 Å². The minimum Gasteiger partial charge on any atom is -0.282 e. The third-order valence-corrected chi connectivity index (χ3v) is 16.6. The molecule has 4 fully saturated rings. The molecule has 0 heterocycles. The lowest BCUT2D eigenvalue weighted by Crippen LogP contribution is -2.53. The van der Waals surface area contributed by atoms with Gasteiger partial charge in [-0.05, 0) is 170 Å². The van der Waals surface area contributed by atoms with E-state index in [4.69, 9.17) is 0 Å². The summed E-state index contributed by atoms with van der Waals surface area (Å²) in [5, 5.41) is 0. The van der Waals surface area contributed by atoms with E-state index >= 15 is 0 Å². The van der Waals surface area contributed by atoms with Gasteiger partial charge in [0.2, 0.25) is 0 Å². The molecule has 9 atom stereocenters. The molecule has 0 aromatic heterocycles. The maximum Gasteiger partial charge on any atom is 0.294 e. The first kappa shape index (κ1) is 38.7. The molecule has 51 heavy (non-hydrogen) atoms. The molecule has 2 N–H and O–H groups in total. The van der Waals surface area contributed by atoms with Crippen LogP contribution in [0.2, 0.25) is 0 Å². The predicted molar refractivity (Wildman–Crippen MR) is 205 cm³/mol. The first-order chi connectivity index (χ1) is 24.0. The molecule has 0 bridgehead atoms. The second-order valence-corrected chi connectivity index (χ2v) is 20.9. The van der Waals surface area contributed by atoms with Gasteiger partial charge in [0.1, 0.15) is 0 Å². The van der Waals surface area contributed by atoms with E-state index in [2.05, 4.69) is 40.7 Å². The molecule has 2 aromatic rings. The Morgan fingerprint density at radius 1 is 0.745 bits per heavy atom. The first-order valence-electron chi connectivity index (χ1n) is 19.9. The fourth-order valence-corrected chi connectivity index (χ4v) is 13.1. The molecule has 0 spiro atoms. The minimum absolute atomic E-state index is 0.172. The van der Waals surface area contributed by atoms with Crippen LogP contribution in [0.1, 0.15) is 136 Å². The van der Waals surface area contributed by atoms with Crippen molar-refractivity contribution < 1.29 is 25.9 Å². The van der Waals surface area contributed by atoms with Crippen molar-refractivity contribution in [2.24, 2.45) is 58.2 Å². The Bertz CT molecular complexity index is 1690. The van der Waals surface area contributed by atoms with Gasteiger partial charge in [0.25, 0.3) is 20.2 Å². The lowest BCUT2D eigenvalue weighted by atomic mass is 9.44. The maximum absolute atomic E-state index is 11.7. The Kier molecular flexibility index (Phi) is 11.4. The number of rotatable bonds is 12. The van der Waals surface area contributed by atoms with Gasteiger partial charge in [-0.2, -0.15) is 16.8 Å². The van der Waals surface area contributed by atoms with Crippen molar-refractivity contribution in [3.8, 4) is 0 Å². The van der Waals surface area contributed by atoms with Crippen LogP contribution < -0.4 is 0 Å². The fraction of sp³-hybridized carbons (Fsp3) is 0.674. The Morgan fingerprint density at radius 3 is 1.88 bits per heavy atom. The number of benzene rings is 2. The lowest BCUT2D eigenvalue weighted by molar-refractivity contribution is -0.121. The summed E-state index contributed by atoms with van der Waals surface area (Å²) in [6.07, 6.45) is 20.7. The van der Waals surface area contributed by atoms with Gasteiger partial charge < -0.3 is 0 Å². The summed E-state index contributed by atoms with van der Waals surface area (Å²) in [6, 6.07) is 12.2. The second-order valence-electron chi connectivity index (χ2n) is 18.0. The van der Waals surface area contributed by atoms with Crippen LogP contribution in [0.4, 0.5) is 0 Å². The zero-order valence-corrected chi connectivity index (χ0v) is 33.2. The first-order valence-corrected chi connectivity index (χ1v) is 22.7. The zero-order chi connectivity index (χ0) is 36.8. The average molecular weight is 739 g/mol. The summed E-state index contributed by atoms with van der Waals surface area (Å²) in [7, 11) is -8.64. The van der Waals surface area contributed by atoms with Crippen LogP contribution in [0.3, 0.4) is 0 Å². The highest BCUT2D eigenvalue weighted by atomic mass is 32.2. The summed E-state index contributed by atoms with van der Waals surface area (Å²) in [6.45, 7) is 12.6. The molecule has 3 unspecified atom stereocenters. The van der Waals surface area contributed by atoms with Crippen molar-refractivity contribution in [1.82, 2.24) is 0 Å². The SMILES string of the molecule is CC(C)CCCC(C)[C@H]1CC[C@H]2[C@@H]3CCC4CC(CCC=C(c5ccc(S(=O)(=O)O)cc5)c5ccc(S(=O)(=O)O)cc5)CC[C@]4(C)[C@H]3CC[C@]12C. The van der Waals surface area contributed by atoms with E-state index in [0.717, 1.165) is 71.0 Å². The Labute approximate surface area is 308 Å². The van der Waals surface area contributed by atoms with Crippen LogP contribution in [0.15, 0.2) is 64.4 Å². The summed E-state index contributed by atoms with van der Waals surface area (Å²) in [5.74, 6) is 6.69. The standard InChI is InChI=1S/C43H62O6S2/c1-29(2)8-6-9-30(3)39-22-23-40-38-21-16-34-28-31(24-26-42(34,4)41(38)25-27-43(39,40)5)10-7-11-37(32-12-17-35(18-13-32)50(44,45)46)33-14-19-36(20-15-33)51(47,48)49/h11-15,17-20,29-31,34,38-41H,6-10,16,21-28H2,1-5H3,(H,44,45,46)(H,47,48,49)/t30?,31?,34?,38-,39+,40-,41-,42-,43+/m0/s1. The van der Waals surface area contributed by atoms with E-state index in [1.54, 1.807) is 24.3 Å². The Hall–Kier alpha value is -2.00. The van der Waals surface area contributed by atoms with Gasteiger partial charge in [-0.15, -0.1) is 0 Å². The quantitative estimate of drug-likeness (QED) is 0.210. The number of hydrogen-bond acceptors (Lipinski definition) is 4. The van der Waals surface area contributed by atoms with Crippen LogP contribution in [0.5, 0.6) is 0 Å². The summed E-state index contributed by atoms with van der Waals surface area (Å²) >= 11 is 0. The van der Waals surface area contributed by atoms with Crippen LogP contribution in [-0.2, 0) is 20.2 Å². The van der Waals surface area contributed by atoms with Gasteiger partial charge in [0.05, 0.1) is 9.79 Å². The Morgan fingerprint density at radius 2 is 1.31 bits per heavy atom. The molecule has 282 valence electrons. The molecule has 4 saturated carbocycles. The van der Waals surface area contributed by atoms with Crippen LogP contribution in [-0.4, -0.2) is 25.9 Å². The third kappa shape index (κ3) is 8.10. The van der Waals surface area contributed by atoms with Crippen molar-refractivity contribution in [2.75, 3.05) is 0 Å². The van der Waals surface area contributed by atoms with Gasteiger partial charge in [-0.1, -0.05) is 84.2 Å². The molecule has 6 rings (SSSR count). The van der Waals surface area contributed by atoms with Crippen molar-refractivity contribution in [1.29, 1.82) is 0 Å². The molecule has 0 saturated heterocycles. The van der Waals surface area contributed by atoms with Crippen molar-refractivity contribution in [2.45, 2.75) is 134 Å². The Balaban J connectivity index is 1.12. The number of allylic oxidation sites excluding steroid dienone is 1. The predicted octanol–water partition coefficient (Wildman–Crippen LogP) is 11.1. The summed E-state index contributed by atoms with van der Waals surface area (Å²) < 4.78 is 65.7.